The van der Waals surface area contributed by atoms with Crippen molar-refractivity contribution in [3.05, 3.63) is 0 Å². The first-order valence-electron chi connectivity index (χ1n) is 7.79. The van der Waals surface area contributed by atoms with Crippen molar-refractivity contribution in [2.75, 3.05) is 20.3 Å². The maximum atomic E-state index is 10.5. The highest BCUT2D eigenvalue weighted by Crippen LogP contribution is 2.12. The molecule has 6 nitrogen and oxygen atoms in total. The van der Waals surface area contributed by atoms with Crippen LogP contribution in [0.25, 0.3) is 0 Å². The van der Waals surface area contributed by atoms with Crippen LogP contribution >= 0.6 is 0 Å². The van der Waals surface area contributed by atoms with E-state index in [-0.39, 0.29) is 18.0 Å². The summed E-state index contributed by atoms with van der Waals surface area (Å²) in [4.78, 5) is 30.7. The molecule has 0 N–H and O–H groups in total. The molecule has 2 rings (SSSR count). The number of cyclic esters (lactones) is 1. The normalized spacial score (nSPS) is 18.1. The highest BCUT2D eigenvalue weighted by atomic mass is 16.6. The van der Waals surface area contributed by atoms with Gasteiger partial charge in [-0.2, -0.15) is 0 Å². The minimum Gasteiger partial charge on any atom is -0.466 e. The maximum Gasteiger partial charge on any atom is 0.305 e. The summed E-state index contributed by atoms with van der Waals surface area (Å²) in [6.07, 6.45) is 6.77. The van der Waals surface area contributed by atoms with Crippen LogP contribution in [-0.4, -0.2) is 44.1 Å². The van der Waals surface area contributed by atoms with E-state index in [1.165, 1.54) is 13.3 Å². The van der Waals surface area contributed by atoms with Gasteiger partial charge in [0.05, 0.1) is 12.7 Å². The van der Waals surface area contributed by atoms with Crippen molar-refractivity contribution in [2.24, 2.45) is 0 Å². The fourth-order valence-electron chi connectivity index (χ4n) is 1.72. The van der Waals surface area contributed by atoms with Crippen molar-refractivity contribution in [1.29, 1.82) is 0 Å². The minimum absolute atomic E-state index is 0.00565. The van der Waals surface area contributed by atoms with Gasteiger partial charge in [0.15, 0.2) is 0 Å². The van der Waals surface area contributed by atoms with E-state index in [0.717, 1.165) is 32.1 Å². The van der Waals surface area contributed by atoms with Gasteiger partial charge in [-0.1, -0.05) is 6.42 Å². The van der Waals surface area contributed by atoms with Crippen LogP contribution in [-0.2, 0) is 28.6 Å². The highest BCUT2D eigenvalue weighted by molar-refractivity contribution is 5.78. The second-order valence-corrected chi connectivity index (χ2v) is 5.27. The van der Waals surface area contributed by atoms with Gasteiger partial charge in [0.1, 0.15) is 12.4 Å². The first-order valence-corrected chi connectivity index (χ1v) is 7.79. The molecule has 1 saturated heterocycles. The molecule has 0 spiro atoms. The van der Waals surface area contributed by atoms with Crippen molar-refractivity contribution >= 4 is 17.7 Å². The van der Waals surface area contributed by atoms with Crippen LogP contribution in [0.4, 0.5) is 0 Å². The number of ketones is 1. The van der Waals surface area contributed by atoms with E-state index < -0.39 is 0 Å². The Morgan fingerprint density at radius 3 is 2.05 bits per heavy atom. The summed E-state index contributed by atoms with van der Waals surface area (Å²) in [7, 11) is 1.58. The molecule has 2 fully saturated rings. The van der Waals surface area contributed by atoms with Crippen molar-refractivity contribution in [2.45, 2.75) is 64.9 Å². The molecule has 0 aromatic carbocycles. The van der Waals surface area contributed by atoms with E-state index in [2.05, 4.69) is 9.47 Å². The van der Waals surface area contributed by atoms with Gasteiger partial charge in [-0.25, -0.2) is 0 Å². The van der Waals surface area contributed by atoms with Crippen LogP contribution < -0.4 is 0 Å². The van der Waals surface area contributed by atoms with Gasteiger partial charge in [-0.15, -0.1) is 0 Å². The number of rotatable bonds is 3. The van der Waals surface area contributed by atoms with Gasteiger partial charge in [0.25, 0.3) is 0 Å². The largest absolute Gasteiger partial charge is 0.466 e. The fourth-order valence-corrected chi connectivity index (χ4v) is 1.72. The molecule has 6 heteroatoms. The average Bonchev–Trinajstić information content (AvgIpc) is 2.98. The third-order valence-electron chi connectivity index (χ3n) is 3.12. The van der Waals surface area contributed by atoms with E-state index >= 15 is 0 Å². The molecule has 128 valence electrons. The van der Waals surface area contributed by atoms with Gasteiger partial charge in [0.2, 0.25) is 0 Å². The van der Waals surface area contributed by atoms with Crippen molar-refractivity contribution in [3.63, 3.8) is 0 Å². The Kier molecular flexibility index (Phi) is 12.4. The topological polar surface area (TPSA) is 78.9 Å². The molecule has 0 bridgehead atoms. The summed E-state index contributed by atoms with van der Waals surface area (Å²) in [6.45, 7) is 4.19. The monoisotopic (exact) mass is 316 g/mol. The molecule has 22 heavy (non-hydrogen) atoms. The zero-order valence-electron chi connectivity index (χ0n) is 13.9. The summed E-state index contributed by atoms with van der Waals surface area (Å²) >= 11 is 0. The highest BCUT2D eigenvalue weighted by Gasteiger charge is 2.08. The Hall–Kier alpha value is -1.43. The first kappa shape index (κ1) is 20.6. The molecule has 0 amide bonds. The van der Waals surface area contributed by atoms with E-state index in [1.54, 1.807) is 7.11 Å². The molecule has 1 atom stereocenters. The third kappa shape index (κ3) is 13.5. The van der Waals surface area contributed by atoms with Gasteiger partial charge < -0.3 is 14.2 Å². The predicted molar refractivity (Wildman–Crippen MR) is 81.4 cm³/mol. The lowest BCUT2D eigenvalue weighted by Gasteiger charge is -2.07. The maximum absolute atomic E-state index is 10.5. The summed E-state index contributed by atoms with van der Waals surface area (Å²) in [5.41, 5.74) is 0. The molecule has 0 aromatic heterocycles. The lowest BCUT2D eigenvalue weighted by molar-refractivity contribution is -0.144. The van der Waals surface area contributed by atoms with E-state index in [1.807, 2.05) is 6.92 Å². The Bertz CT molecular complexity index is 324. The second-order valence-electron chi connectivity index (χ2n) is 5.27. The van der Waals surface area contributed by atoms with Gasteiger partial charge in [0, 0.05) is 33.3 Å². The van der Waals surface area contributed by atoms with Crippen LogP contribution in [0.2, 0.25) is 0 Å². The van der Waals surface area contributed by atoms with E-state index in [9.17, 15) is 14.4 Å². The molecule has 0 radical (unpaired) electrons. The molecule has 1 heterocycles. The molecule has 1 aliphatic carbocycles. The van der Waals surface area contributed by atoms with Crippen molar-refractivity contribution < 1.29 is 28.6 Å². The predicted octanol–water partition coefficient (Wildman–Crippen LogP) is 2.43. The first-order chi connectivity index (χ1) is 10.5. The Morgan fingerprint density at radius 2 is 1.77 bits per heavy atom. The molecular formula is C16H28O6. The molecule has 1 saturated carbocycles. The zero-order chi connectivity index (χ0) is 16.8. The number of hydrogen-bond acceptors (Lipinski definition) is 6. The van der Waals surface area contributed by atoms with Crippen LogP contribution in [0.15, 0.2) is 0 Å². The van der Waals surface area contributed by atoms with Crippen LogP contribution in [0.1, 0.15) is 58.8 Å². The van der Waals surface area contributed by atoms with Crippen LogP contribution in [0.5, 0.6) is 0 Å². The van der Waals surface area contributed by atoms with Gasteiger partial charge in [-0.3, -0.25) is 14.4 Å². The van der Waals surface area contributed by atoms with E-state index in [0.29, 0.717) is 25.4 Å². The number of esters is 2. The van der Waals surface area contributed by atoms with E-state index in [4.69, 9.17) is 4.74 Å². The van der Waals surface area contributed by atoms with Crippen LogP contribution in [0.3, 0.4) is 0 Å². The Balaban J connectivity index is 0.000000306. The summed E-state index contributed by atoms with van der Waals surface area (Å²) in [6, 6.07) is 0. The van der Waals surface area contributed by atoms with Crippen molar-refractivity contribution in [3.8, 4) is 0 Å². The summed E-state index contributed by atoms with van der Waals surface area (Å²) in [5, 5.41) is 0. The lowest BCUT2D eigenvalue weighted by Crippen LogP contribution is -2.15. The van der Waals surface area contributed by atoms with Crippen molar-refractivity contribution in [1.82, 2.24) is 0 Å². The molecule has 1 aliphatic heterocycles. The molecule has 2 aliphatic rings. The Morgan fingerprint density at radius 1 is 1.14 bits per heavy atom. The molecule has 1 unspecified atom stereocenters. The van der Waals surface area contributed by atoms with Gasteiger partial charge in [-0.05, 0) is 26.2 Å². The Labute approximate surface area is 132 Å². The average molecular weight is 316 g/mol. The number of ether oxygens (including phenoxy) is 3. The number of carbonyl (C=O) groups excluding carboxylic acids is 3. The number of hydrogen-bond donors (Lipinski definition) is 0. The second kappa shape index (κ2) is 13.2. The summed E-state index contributed by atoms with van der Waals surface area (Å²) < 4.78 is 14.0. The molecule has 0 aromatic rings. The number of Topliss-reactive ketones (excluding diaryl/α,β-unsaturated/α-hetero) is 1. The minimum atomic E-state index is -0.265. The standard InChI is InChI=1S/C6H12O3.C6H10O.C4H6O2/c1-5(8-3)4-9-6(2)7;7-6-4-2-1-3-5-6;5-4-2-1-3-6-4/h5H,4H2,1-3H3;1-5H2;1-3H2. The van der Waals surface area contributed by atoms with Crippen LogP contribution in [0, 0.1) is 0 Å². The summed E-state index contributed by atoms with van der Waals surface area (Å²) in [5.74, 6) is 0.153. The SMILES string of the molecule is COC(C)COC(C)=O.O=C1CCCCC1.O=C1CCCO1. The fraction of sp³-hybridized carbons (Fsp3) is 0.812. The lowest BCUT2D eigenvalue weighted by atomic mass is 10.00. The smallest absolute Gasteiger partial charge is 0.305 e. The quantitative estimate of drug-likeness (QED) is 0.744. The third-order valence-corrected chi connectivity index (χ3v) is 3.12. The molecular weight excluding hydrogens is 288 g/mol. The number of carbonyl (C=O) groups is 3. The van der Waals surface area contributed by atoms with Gasteiger partial charge >= 0.3 is 11.9 Å². The number of methoxy groups -OCH3 is 1. The zero-order valence-corrected chi connectivity index (χ0v) is 13.9.